The number of anilines is 1. The molecule has 0 saturated carbocycles. The van der Waals surface area contributed by atoms with Gasteiger partial charge in [-0.1, -0.05) is 30.3 Å². The number of benzene rings is 2. The first-order chi connectivity index (χ1) is 15.2. The third-order valence-corrected chi connectivity index (χ3v) is 6.42. The van der Waals surface area contributed by atoms with Gasteiger partial charge in [0.1, 0.15) is 18.7 Å². The van der Waals surface area contributed by atoms with Gasteiger partial charge in [0.05, 0.1) is 12.1 Å². The molecule has 1 unspecified atom stereocenters. The van der Waals surface area contributed by atoms with E-state index in [1.807, 2.05) is 40.8 Å². The van der Waals surface area contributed by atoms with Crippen molar-refractivity contribution < 1.29 is 14.3 Å². The van der Waals surface area contributed by atoms with Crippen LogP contribution in [0.4, 0.5) is 5.95 Å². The summed E-state index contributed by atoms with van der Waals surface area (Å²) in [6, 6.07) is 12.0. The van der Waals surface area contributed by atoms with E-state index in [0.717, 1.165) is 34.2 Å². The number of imidazole rings is 1. The maximum absolute atomic E-state index is 12.6. The summed E-state index contributed by atoms with van der Waals surface area (Å²) in [4.78, 5) is 21.7. The summed E-state index contributed by atoms with van der Waals surface area (Å²) in [6.45, 7) is 1.51. The van der Waals surface area contributed by atoms with Crippen molar-refractivity contribution in [2.24, 2.45) is 0 Å². The van der Waals surface area contributed by atoms with Crippen LogP contribution in [0.1, 0.15) is 27.2 Å². The molecular weight excluding hydrogens is 411 g/mol. The van der Waals surface area contributed by atoms with Crippen molar-refractivity contribution in [3.8, 4) is 16.9 Å². The Bertz CT molecular complexity index is 1360. The van der Waals surface area contributed by atoms with Crippen molar-refractivity contribution in [2.75, 3.05) is 11.9 Å². The topological polar surface area (TPSA) is 77.8 Å². The zero-order valence-electron chi connectivity index (χ0n) is 16.6. The molecule has 2 aliphatic rings. The number of aromatic nitrogens is 3. The van der Waals surface area contributed by atoms with Crippen LogP contribution in [0, 0.1) is 0 Å². The van der Waals surface area contributed by atoms with Gasteiger partial charge < -0.3 is 14.8 Å². The molecule has 1 N–H and O–H groups in total. The summed E-state index contributed by atoms with van der Waals surface area (Å²) in [5, 5.41) is 4.56. The summed E-state index contributed by atoms with van der Waals surface area (Å²) in [7, 11) is 2.80. The van der Waals surface area contributed by atoms with Crippen LogP contribution in [0.3, 0.4) is 0 Å². The highest BCUT2D eigenvalue weighted by Crippen LogP contribution is 2.34. The summed E-state index contributed by atoms with van der Waals surface area (Å²) < 4.78 is 13.0. The second-order valence-corrected chi connectivity index (χ2v) is 8.22. The highest BCUT2D eigenvalue weighted by Gasteiger charge is 2.25. The molecule has 1 atom stereocenters. The first-order valence-electron chi connectivity index (χ1n) is 10.1. The standard InChI is InChI=1S/C23H19N4O3P/c28-22-20-21-17(14-4-2-1-3-13(14)11-30-22)10-25-23(27(21)12-26-20)24-9-16-15-7-8-29-18(15)5-6-19(16)31/h1-6,10,12H,7-9,11,31H2,(H,24,25). The van der Waals surface area contributed by atoms with E-state index < -0.39 is 5.97 Å². The average Bonchev–Trinajstić information content (AvgIpc) is 3.44. The number of hydrogen-bond acceptors (Lipinski definition) is 6. The molecule has 0 radical (unpaired) electrons. The Hall–Kier alpha value is -3.44. The third-order valence-electron chi connectivity index (χ3n) is 5.88. The Morgan fingerprint density at radius 1 is 1.10 bits per heavy atom. The number of carbonyl (C=O) groups is 1. The third kappa shape index (κ3) is 2.88. The van der Waals surface area contributed by atoms with E-state index in [-0.39, 0.29) is 6.61 Å². The molecular formula is C23H19N4O3P. The normalized spacial score (nSPS) is 14.3. The van der Waals surface area contributed by atoms with Crippen molar-refractivity contribution in [3.63, 3.8) is 0 Å². The molecule has 0 spiro atoms. The molecule has 0 bridgehead atoms. The van der Waals surface area contributed by atoms with Gasteiger partial charge in [-0.2, -0.15) is 0 Å². The molecule has 0 amide bonds. The van der Waals surface area contributed by atoms with Gasteiger partial charge in [0.2, 0.25) is 5.95 Å². The van der Waals surface area contributed by atoms with Crippen LogP contribution in [-0.4, -0.2) is 26.9 Å². The van der Waals surface area contributed by atoms with Gasteiger partial charge >= 0.3 is 5.97 Å². The van der Waals surface area contributed by atoms with Gasteiger partial charge in [-0.05, 0) is 28.1 Å². The molecule has 0 aliphatic carbocycles. The molecule has 0 fully saturated rings. The number of rotatable bonds is 3. The fraction of sp³-hybridized carbons (Fsp3) is 0.174. The highest BCUT2D eigenvalue weighted by atomic mass is 31.0. The van der Waals surface area contributed by atoms with Gasteiger partial charge in [-0.25, -0.2) is 14.8 Å². The van der Waals surface area contributed by atoms with Crippen LogP contribution in [-0.2, 0) is 24.3 Å². The molecule has 2 aliphatic heterocycles. The lowest BCUT2D eigenvalue weighted by molar-refractivity contribution is 0.0468. The monoisotopic (exact) mass is 430 g/mol. The van der Waals surface area contributed by atoms with Crippen molar-refractivity contribution in [3.05, 3.63) is 71.3 Å². The first kappa shape index (κ1) is 18.3. The van der Waals surface area contributed by atoms with E-state index >= 15 is 0 Å². The largest absolute Gasteiger partial charge is 0.493 e. The van der Waals surface area contributed by atoms with Gasteiger partial charge in [0.25, 0.3) is 0 Å². The maximum atomic E-state index is 12.6. The number of fused-ring (bicyclic) bond motifs is 3. The van der Waals surface area contributed by atoms with Crippen LogP contribution < -0.4 is 15.4 Å². The SMILES string of the molecule is O=C1OCc2ccccc2-c2cnc(NCc3c(P)ccc4c3CCO4)n3cnc1c23. The fourth-order valence-corrected chi connectivity index (χ4v) is 4.72. The van der Waals surface area contributed by atoms with Crippen LogP contribution in [0.2, 0.25) is 0 Å². The second kappa shape index (κ2) is 7.06. The Labute approximate surface area is 180 Å². The Kier molecular flexibility index (Phi) is 4.18. The van der Waals surface area contributed by atoms with Crippen molar-refractivity contribution in [2.45, 2.75) is 19.6 Å². The molecule has 154 valence electrons. The number of cyclic esters (lactones) is 1. The number of carbonyl (C=O) groups excluding carboxylic acids is 1. The van der Waals surface area contributed by atoms with E-state index in [9.17, 15) is 4.79 Å². The quantitative estimate of drug-likeness (QED) is 0.398. The zero-order chi connectivity index (χ0) is 20.9. The van der Waals surface area contributed by atoms with Crippen molar-refractivity contribution in [1.82, 2.24) is 14.4 Å². The van der Waals surface area contributed by atoms with Crippen molar-refractivity contribution >= 4 is 32.0 Å². The van der Waals surface area contributed by atoms with Gasteiger partial charge in [-0.15, -0.1) is 9.24 Å². The summed E-state index contributed by atoms with van der Waals surface area (Å²) in [5.74, 6) is 1.13. The molecule has 31 heavy (non-hydrogen) atoms. The lowest BCUT2D eigenvalue weighted by Crippen LogP contribution is -2.14. The Balaban J connectivity index is 1.45. The summed E-state index contributed by atoms with van der Waals surface area (Å²) in [5.41, 5.74) is 6.21. The number of nitrogens with one attached hydrogen (secondary N) is 1. The van der Waals surface area contributed by atoms with Gasteiger partial charge in [0, 0.05) is 30.3 Å². The van der Waals surface area contributed by atoms with Gasteiger partial charge in [0.15, 0.2) is 5.69 Å². The Morgan fingerprint density at radius 2 is 2.00 bits per heavy atom. The molecule has 6 rings (SSSR count). The number of nitrogens with zero attached hydrogens (tertiary/aromatic N) is 3. The minimum absolute atomic E-state index is 0.214. The number of hydrogen-bond donors (Lipinski definition) is 1. The maximum Gasteiger partial charge on any atom is 0.359 e. The molecule has 2 aromatic carbocycles. The minimum atomic E-state index is -0.430. The van der Waals surface area contributed by atoms with E-state index in [4.69, 9.17) is 9.47 Å². The second-order valence-electron chi connectivity index (χ2n) is 7.60. The average molecular weight is 430 g/mol. The van der Waals surface area contributed by atoms with Crippen molar-refractivity contribution in [1.29, 1.82) is 0 Å². The molecule has 0 saturated heterocycles. The van der Waals surface area contributed by atoms with Crippen LogP contribution in [0.15, 0.2) is 48.9 Å². The molecule has 8 heteroatoms. The first-order valence-corrected chi connectivity index (χ1v) is 10.7. The molecule has 7 nitrogen and oxygen atoms in total. The predicted molar refractivity (Wildman–Crippen MR) is 120 cm³/mol. The van der Waals surface area contributed by atoms with Crippen LogP contribution in [0.25, 0.3) is 16.6 Å². The van der Waals surface area contributed by atoms with E-state index in [0.29, 0.717) is 30.3 Å². The molecule has 4 heterocycles. The predicted octanol–water partition coefficient (Wildman–Crippen LogP) is 3.11. The fourth-order valence-electron chi connectivity index (χ4n) is 4.35. The summed E-state index contributed by atoms with van der Waals surface area (Å²) >= 11 is 0. The van der Waals surface area contributed by atoms with Gasteiger partial charge in [-0.3, -0.25) is 4.40 Å². The van der Waals surface area contributed by atoms with E-state index in [2.05, 4.69) is 24.5 Å². The lowest BCUT2D eigenvalue weighted by Gasteiger charge is -2.17. The van der Waals surface area contributed by atoms with E-state index in [1.54, 1.807) is 12.5 Å². The minimum Gasteiger partial charge on any atom is -0.493 e. The number of esters is 1. The summed E-state index contributed by atoms with van der Waals surface area (Å²) in [6.07, 6.45) is 4.33. The number of ether oxygens (including phenoxy) is 2. The highest BCUT2D eigenvalue weighted by molar-refractivity contribution is 7.27. The van der Waals surface area contributed by atoms with Crippen LogP contribution in [0.5, 0.6) is 5.75 Å². The molecule has 4 aromatic rings. The zero-order valence-corrected chi connectivity index (χ0v) is 17.7. The lowest BCUT2D eigenvalue weighted by atomic mass is 9.99. The molecule has 2 aromatic heterocycles. The van der Waals surface area contributed by atoms with E-state index in [1.165, 1.54) is 11.1 Å². The smallest absolute Gasteiger partial charge is 0.359 e. The Morgan fingerprint density at radius 3 is 2.94 bits per heavy atom. The van der Waals surface area contributed by atoms with Crippen LogP contribution >= 0.6 is 9.24 Å².